The van der Waals surface area contributed by atoms with Gasteiger partial charge in [0.05, 0.1) is 40.2 Å². The Morgan fingerprint density at radius 3 is 2.49 bits per heavy atom. The average molecular weight is 510 g/mol. The highest BCUT2D eigenvalue weighted by Crippen LogP contribution is 2.32. The first-order valence-electron chi connectivity index (χ1n) is 11.2. The molecule has 0 unspecified atom stereocenters. The SMILES string of the molecule is COc1ccc(S(=O)(=O)CCCC(=O)N(Cc2ccccn2)c2nc3cc(C)c(C)cc3s2)cc1. The molecule has 0 aliphatic carbocycles. The van der Waals surface area contributed by atoms with Crippen LogP contribution < -0.4 is 9.64 Å². The molecule has 0 radical (unpaired) electrons. The largest absolute Gasteiger partial charge is 0.497 e. The lowest BCUT2D eigenvalue weighted by atomic mass is 10.1. The standard InChI is InChI=1S/C26H27N3O4S2/c1-18-15-23-24(16-19(18)2)34-26(28-23)29(17-20-7-4-5-13-27-20)25(30)8-6-14-35(31,32)22-11-9-21(33-3)10-12-22/h4-5,7,9-13,15-16H,6,8,14,17H2,1-3H3. The Balaban J connectivity index is 1.52. The van der Waals surface area contributed by atoms with Crippen molar-refractivity contribution < 1.29 is 17.9 Å². The van der Waals surface area contributed by atoms with Gasteiger partial charge in [0.2, 0.25) is 5.91 Å². The smallest absolute Gasteiger partial charge is 0.229 e. The number of carbonyl (C=O) groups is 1. The van der Waals surface area contributed by atoms with Crippen molar-refractivity contribution in [3.05, 3.63) is 77.6 Å². The second-order valence-electron chi connectivity index (χ2n) is 8.30. The Hall–Kier alpha value is -3.30. The summed E-state index contributed by atoms with van der Waals surface area (Å²) in [6, 6.07) is 15.9. The Morgan fingerprint density at radius 1 is 1.06 bits per heavy atom. The first kappa shape index (κ1) is 24.8. The molecule has 0 saturated heterocycles. The van der Waals surface area contributed by atoms with Gasteiger partial charge in [-0.25, -0.2) is 13.4 Å². The predicted octanol–water partition coefficient (Wildman–Crippen LogP) is 5.10. The number of nitrogens with zero attached hydrogens (tertiary/aromatic N) is 3. The highest BCUT2D eigenvalue weighted by Gasteiger charge is 2.22. The lowest BCUT2D eigenvalue weighted by molar-refractivity contribution is -0.118. The number of carbonyl (C=O) groups excluding carboxylic acids is 1. The van der Waals surface area contributed by atoms with E-state index < -0.39 is 9.84 Å². The van der Waals surface area contributed by atoms with Gasteiger partial charge >= 0.3 is 0 Å². The summed E-state index contributed by atoms with van der Waals surface area (Å²) in [5.41, 5.74) is 3.88. The molecule has 0 atom stereocenters. The van der Waals surface area contributed by atoms with Crippen LogP contribution in [0.2, 0.25) is 0 Å². The second-order valence-corrected chi connectivity index (χ2v) is 11.4. The number of fused-ring (bicyclic) bond motifs is 1. The van der Waals surface area contributed by atoms with Crippen LogP contribution in [-0.2, 0) is 21.2 Å². The number of methoxy groups -OCH3 is 1. The molecule has 0 bridgehead atoms. The van der Waals surface area contributed by atoms with E-state index in [9.17, 15) is 13.2 Å². The summed E-state index contributed by atoms with van der Waals surface area (Å²) in [7, 11) is -1.98. The molecule has 0 aliphatic rings. The van der Waals surface area contributed by atoms with Crippen LogP contribution >= 0.6 is 11.3 Å². The van der Waals surface area contributed by atoms with Gasteiger partial charge in [0.15, 0.2) is 15.0 Å². The lowest BCUT2D eigenvalue weighted by Gasteiger charge is -2.19. The maximum absolute atomic E-state index is 13.3. The third-order valence-electron chi connectivity index (χ3n) is 5.79. The van der Waals surface area contributed by atoms with Crippen LogP contribution in [0.5, 0.6) is 5.75 Å². The molecular formula is C26H27N3O4S2. The maximum atomic E-state index is 13.3. The predicted molar refractivity (Wildman–Crippen MR) is 139 cm³/mol. The van der Waals surface area contributed by atoms with Gasteiger partial charge in [-0.2, -0.15) is 0 Å². The third kappa shape index (κ3) is 5.86. The van der Waals surface area contributed by atoms with Gasteiger partial charge in [0.1, 0.15) is 5.75 Å². The van der Waals surface area contributed by atoms with Crippen LogP contribution in [-0.4, -0.2) is 37.2 Å². The van der Waals surface area contributed by atoms with Crippen LogP contribution in [0.4, 0.5) is 5.13 Å². The molecule has 4 aromatic rings. The Bertz CT molecular complexity index is 1390. The Labute approximate surface area is 209 Å². The van der Waals surface area contributed by atoms with Crippen molar-refractivity contribution in [2.75, 3.05) is 17.8 Å². The van der Waals surface area contributed by atoms with E-state index in [1.165, 1.54) is 36.1 Å². The van der Waals surface area contributed by atoms with Crippen molar-refractivity contribution in [1.82, 2.24) is 9.97 Å². The van der Waals surface area contributed by atoms with Crippen molar-refractivity contribution in [2.45, 2.75) is 38.1 Å². The van der Waals surface area contributed by atoms with Gasteiger partial charge < -0.3 is 4.74 Å². The fourth-order valence-corrected chi connectivity index (χ4v) is 6.02. The number of aromatic nitrogens is 2. The fourth-order valence-electron chi connectivity index (χ4n) is 3.65. The van der Waals surface area contributed by atoms with E-state index in [1.54, 1.807) is 23.2 Å². The van der Waals surface area contributed by atoms with Crippen LogP contribution in [0, 0.1) is 13.8 Å². The van der Waals surface area contributed by atoms with Gasteiger partial charge in [-0.1, -0.05) is 17.4 Å². The molecule has 9 heteroatoms. The molecule has 182 valence electrons. The number of benzene rings is 2. The molecule has 0 N–H and O–H groups in total. The zero-order chi connectivity index (χ0) is 25.0. The number of hydrogen-bond acceptors (Lipinski definition) is 7. The molecule has 2 heterocycles. The third-order valence-corrected chi connectivity index (χ3v) is 8.65. The number of rotatable bonds is 9. The zero-order valence-electron chi connectivity index (χ0n) is 19.9. The first-order valence-corrected chi connectivity index (χ1v) is 13.7. The van der Waals surface area contributed by atoms with E-state index in [2.05, 4.69) is 11.1 Å². The van der Waals surface area contributed by atoms with Crippen molar-refractivity contribution in [1.29, 1.82) is 0 Å². The van der Waals surface area contributed by atoms with Gasteiger partial charge in [-0.3, -0.25) is 14.7 Å². The molecule has 4 rings (SSSR count). The van der Waals surface area contributed by atoms with Crippen molar-refractivity contribution in [2.24, 2.45) is 0 Å². The highest BCUT2D eigenvalue weighted by molar-refractivity contribution is 7.91. The van der Waals surface area contributed by atoms with Crippen LogP contribution in [0.3, 0.4) is 0 Å². The average Bonchev–Trinajstić information content (AvgIpc) is 3.25. The summed E-state index contributed by atoms with van der Waals surface area (Å²) in [4.78, 5) is 24.2. The van der Waals surface area contributed by atoms with Gasteiger partial charge in [-0.15, -0.1) is 0 Å². The number of anilines is 1. The summed E-state index contributed by atoms with van der Waals surface area (Å²) in [5, 5.41) is 0.582. The van der Waals surface area contributed by atoms with Gasteiger partial charge in [-0.05, 0) is 79.9 Å². The molecule has 0 spiro atoms. The monoisotopic (exact) mass is 509 g/mol. The molecule has 0 saturated carbocycles. The minimum Gasteiger partial charge on any atom is -0.497 e. The number of pyridine rings is 1. The summed E-state index contributed by atoms with van der Waals surface area (Å²) in [6.45, 7) is 4.35. The summed E-state index contributed by atoms with van der Waals surface area (Å²) >= 11 is 1.45. The van der Waals surface area contributed by atoms with E-state index in [0.29, 0.717) is 10.9 Å². The summed E-state index contributed by atoms with van der Waals surface area (Å²) < 4.78 is 31.6. The quantitative estimate of drug-likeness (QED) is 0.312. The van der Waals surface area contributed by atoms with E-state index in [-0.39, 0.29) is 35.9 Å². The Morgan fingerprint density at radius 2 is 1.80 bits per heavy atom. The molecule has 35 heavy (non-hydrogen) atoms. The highest BCUT2D eigenvalue weighted by atomic mass is 32.2. The number of hydrogen-bond donors (Lipinski definition) is 0. The minimum absolute atomic E-state index is 0.0796. The minimum atomic E-state index is -3.51. The van der Waals surface area contributed by atoms with Crippen molar-refractivity contribution in [3.8, 4) is 5.75 Å². The second kappa shape index (κ2) is 10.5. The van der Waals surface area contributed by atoms with Crippen molar-refractivity contribution in [3.63, 3.8) is 0 Å². The number of aryl methyl sites for hydroxylation is 2. The molecule has 1 amide bonds. The zero-order valence-corrected chi connectivity index (χ0v) is 21.5. The first-order chi connectivity index (χ1) is 16.8. The van der Waals surface area contributed by atoms with Gasteiger partial charge in [0.25, 0.3) is 0 Å². The topological polar surface area (TPSA) is 89.5 Å². The van der Waals surface area contributed by atoms with Crippen LogP contribution in [0.15, 0.2) is 65.7 Å². The Kier molecular flexibility index (Phi) is 7.47. The maximum Gasteiger partial charge on any atom is 0.229 e. The molecular weight excluding hydrogens is 482 g/mol. The molecule has 0 aliphatic heterocycles. The summed E-state index contributed by atoms with van der Waals surface area (Å²) in [5.74, 6) is 0.277. The van der Waals surface area contributed by atoms with Crippen LogP contribution in [0.1, 0.15) is 29.7 Å². The van der Waals surface area contributed by atoms with E-state index >= 15 is 0 Å². The fraction of sp³-hybridized carbons (Fsp3) is 0.269. The number of sulfone groups is 1. The van der Waals surface area contributed by atoms with Gasteiger partial charge in [0, 0.05) is 12.6 Å². The number of amides is 1. The van der Waals surface area contributed by atoms with Crippen LogP contribution in [0.25, 0.3) is 10.2 Å². The lowest BCUT2D eigenvalue weighted by Crippen LogP contribution is -2.30. The van der Waals surface area contributed by atoms with E-state index in [4.69, 9.17) is 9.72 Å². The van der Waals surface area contributed by atoms with Crippen molar-refractivity contribution >= 4 is 42.4 Å². The van der Waals surface area contributed by atoms with E-state index in [0.717, 1.165) is 21.5 Å². The molecule has 7 nitrogen and oxygen atoms in total. The molecule has 2 aromatic heterocycles. The number of thiazole rings is 1. The van der Waals surface area contributed by atoms with E-state index in [1.807, 2.05) is 38.1 Å². The summed E-state index contributed by atoms with van der Waals surface area (Å²) in [6.07, 6.45) is 1.97. The number of ether oxygens (including phenoxy) is 1. The molecule has 0 fully saturated rings. The normalized spacial score (nSPS) is 11.5. The molecule has 2 aromatic carbocycles.